The molecule has 0 aromatic heterocycles. The smallest absolute Gasteiger partial charge is 0.410 e. The number of Topliss-reactive ketones (excluding diaryl/α,β-unsaturated/α-hetero) is 1. The van der Waals surface area contributed by atoms with E-state index >= 15 is 0 Å². The largest absolute Gasteiger partial charge is 0.445 e. The topological polar surface area (TPSA) is 79.6 Å². The van der Waals surface area contributed by atoms with Gasteiger partial charge in [-0.15, -0.1) is 0 Å². The molecule has 30 heavy (non-hydrogen) atoms. The Labute approximate surface area is 176 Å². The number of amides is 1. The lowest BCUT2D eigenvalue weighted by Gasteiger charge is -2.47. The molecule has 2 atom stereocenters. The third-order valence-electron chi connectivity index (χ3n) is 5.85. The summed E-state index contributed by atoms with van der Waals surface area (Å²) in [5.41, 5.74) is 2.44. The van der Waals surface area contributed by atoms with Gasteiger partial charge in [-0.3, -0.25) is 9.69 Å². The van der Waals surface area contributed by atoms with Crippen LogP contribution in [-0.4, -0.2) is 42.1 Å². The zero-order valence-electron chi connectivity index (χ0n) is 16.7. The summed E-state index contributed by atoms with van der Waals surface area (Å²) in [6.07, 6.45) is 1.18. The van der Waals surface area contributed by atoms with Crippen LogP contribution in [0.3, 0.4) is 0 Å². The number of carbonyl (C=O) groups excluding carboxylic acids is 2. The van der Waals surface area contributed by atoms with E-state index < -0.39 is 0 Å². The Morgan fingerprint density at radius 2 is 1.67 bits per heavy atom. The van der Waals surface area contributed by atoms with Crippen molar-refractivity contribution in [3.8, 4) is 6.07 Å². The molecule has 0 N–H and O–H groups in total. The molecule has 0 radical (unpaired) electrons. The van der Waals surface area contributed by atoms with Crippen molar-refractivity contribution >= 4 is 11.9 Å². The summed E-state index contributed by atoms with van der Waals surface area (Å²) in [7, 11) is 0. The highest BCUT2D eigenvalue weighted by atomic mass is 16.6. The number of hydrogen-bond acceptors (Lipinski definition) is 5. The van der Waals surface area contributed by atoms with Gasteiger partial charge in [0.1, 0.15) is 12.4 Å². The van der Waals surface area contributed by atoms with E-state index in [1.807, 2.05) is 42.5 Å². The van der Waals surface area contributed by atoms with Crippen molar-refractivity contribution in [2.75, 3.05) is 13.2 Å². The maximum atomic E-state index is 12.9. The summed E-state index contributed by atoms with van der Waals surface area (Å²) in [4.78, 5) is 27.4. The average Bonchev–Trinajstić information content (AvgIpc) is 2.77. The van der Waals surface area contributed by atoms with E-state index in [0.717, 1.165) is 11.1 Å². The number of ketones is 1. The molecule has 2 bridgehead atoms. The number of morpholine rings is 1. The first kappa shape index (κ1) is 20.1. The second-order valence-electron chi connectivity index (χ2n) is 7.91. The zero-order valence-corrected chi connectivity index (χ0v) is 16.7. The van der Waals surface area contributed by atoms with E-state index in [4.69, 9.17) is 14.7 Å². The van der Waals surface area contributed by atoms with Crippen LogP contribution in [0.25, 0.3) is 0 Å². The van der Waals surface area contributed by atoms with Gasteiger partial charge in [0.25, 0.3) is 0 Å². The molecule has 6 nitrogen and oxygen atoms in total. The highest BCUT2D eigenvalue weighted by molar-refractivity contribution is 5.84. The van der Waals surface area contributed by atoms with Gasteiger partial charge < -0.3 is 9.47 Å². The van der Waals surface area contributed by atoms with Crippen molar-refractivity contribution in [1.29, 1.82) is 5.26 Å². The number of hydrogen-bond donors (Lipinski definition) is 0. The minimum Gasteiger partial charge on any atom is -0.445 e. The van der Waals surface area contributed by atoms with Crippen LogP contribution in [0, 0.1) is 17.2 Å². The molecule has 154 valence electrons. The van der Waals surface area contributed by atoms with Crippen LogP contribution in [-0.2, 0) is 27.3 Å². The summed E-state index contributed by atoms with van der Waals surface area (Å²) >= 11 is 0. The van der Waals surface area contributed by atoms with Gasteiger partial charge >= 0.3 is 6.09 Å². The lowest BCUT2D eigenvalue weighted by molar-refractivity contribution is -0.130. The van der Waals surface area contributed by atoms with Crippen LogP contribution in [0.5, 0.6) is 0 Å². The second kappa shape index (κ2) is 9.10. The number of ether oxygens (including phenoxy) is 2. The average molecular weight is 404 g/mol. The summed E-state index contributed by atoms with van der Waals surface area (Å²) in [6.45, 7) is 1.09. The van der Waals surface area contributed by atoms with Crippen molar-refractivity contribution in [1.82, 2.24) is 4.90 Å². The number of piperidine rings is 1. The molecule has 2 fully saturated rings. The van der Waals surface area contributed by atoms with E-state index in [0.29, 0.717) is 38.0 Å². The van der Waals surface area contributed by atoms with Gasteiger partial charge in [-0.25, -0.2) is 4.79 Å². The molecule has 2 unspecified atom stereocenters. The minimum absolute atomic E-state index is 0.0993. The molecule has 0 saturated carbocycles. The molecule has 6 heteroatoms. The second-order valence-corrected chi connectivity index (χ2v) is 7.91. The normalized spacial score (nSPS) is 22.8. The molecule has 1 amide bonds. The number of nitriles is 1. The van der Waals surface area contributed by atoms with Gasteiger partial charge in [0.2, 0.25) is 0 Å². The first-order chi connectivity index (χ1) is 14.6. The number of rotatable bonds is 5. The van der Waals surface area contributed by atoms with Gasteiger partial charge in [-0.2, -0.15) is 5.26 Å². The fourth-order valence-corrected chi connectivity index (χ4v) is 4.31. The van der Waals surface area contributed by atoms with Crippen LogP contribution in [0.2, 0.25) is 0 Å². The first-order valence-corrected chi connectivity index (χ1v) is 10.2. The molecule has 4 rings (SSSR count). The summed E-state index contributed by atoms with van der Waals surface area (Å²) in [5, 5.41) is 8.91. The Morgan fingerprint density at radius 3 is 2.30 bits per heavy atom. The third kappa shape index (κ3) is 4.52. The van der Waals surface area contributed by atoms with Crippen molar-refractivity contribution in [3.63, 3.8) is 0 Å². The molecule has 0 aliphatic carbocycles. The number of nitrogens with zero attached hydrogens (tertiary/aromatic N) is 2. The Balaban J connectivity index is 1.37. The Kier molecular flexibility index (Phi) is 6.10. The first-order valence-electron chi connectivity index (χ1n) is 10.2. The van der Waals surface area contributed by atoms with Gasteiger partial charge in [-0.1, -0.05) is 42.5 Å². The van der Waals surface area contributed by atoms with Gasteiger partial charge in [-0.05, 0) is 36.1 Å². The van der Waals surface area contributed by atoms with Gasteiger partial charge in [0.15, 0.2) is 0 Å². The van der Waals surface area contributed by atoms with Crippen molar-refractivity contribution in [2.24, 2.45) is 5.92 Å². The van der Waals surface area contributed by atoms with Gasteiger partial charge in [0, 0.05) is 12.3 Å². The fraction of sp³-hybridized carbons (Fsp3) is 0.375. The van der Waals surface area contributed by atoms with Crippen LogP contribution in [0.4, 0.5) is 4.79 Å². The van der Waals surface area contributed by atoms with E-state index in [1.54, 1.807) is 17.0 Å². The molecular formula is C24H24N2O4. The minimum atomic E-state index is -0.338. The fourth-order valence-electron chi connectivity index (χ4n) is 4.31. The quantitative estimate of drug-likeness (QED) is 0.762. The van der Waals surface area contributed by atoms with E-state index in [2.05, 4.69) is 6.07 Å². The van der Waals surface area contributed by atoms with E-state index in [1.165, 1.54) is 0 Å². The predicted octanol–water partition coefficient (Wildman–Crippen LogP) is 3.49. The molecule has 2 aliphatic rings. The molecule has 2 aromatic rings. The Morgan fingerprint density at radius 1 is 1.00 bits per heavy atom. The molecule has 2 aromatic carbocycles. The number of carbonyl (C=O) groups is 2. The van der Waals surface area contributed by atoms with Crippen LogP contribution in [0.1, 0.15) is 29.5 Å². The van der Waals surface area contributed by atoms with E-state index in [9.17, 15) is 9.59 Å². The monoisotopic (exact) mass is 404 g/mol. The summed E-state index contributed by atoms with van der Waals surface area (Å²) in [6, 6.07) is 18.5. The molecule has 2 heterocycles. The summed E-state index contributed by atoms with van der Waals surface area (Å²) in [5.74, 6) is 0.0756. The van der Waals surface area contributed by atoms with Gasteiger partial charge in [0.05, 0.1) is 36.9 Å². The maximum absolute atomic E-state index is 12.9. The van der Waals surface area contributed by atoms with Crippen LogP contribution < -0.4 is 0 Å². The maximum Gasteiger partial charge on any atom is 0.410 e. The molecule has 2 saturated heterocycles. The highest BCUT2D eigenvalue weighted by Gasteiger charge is 2.44. The lowest BCUT2D eigenvalue weighted by atomic mass is 9.81. The lowest BCUT2D eigenvalue weighted by Crippen LogP contribution is -2.60. The highest BCUT2D eigenvalue weighted by Crippen LogP contribution is 2.33. The zero-order chi connectivity index (χ0) is 20.9. The summed E-state index contributed by atoms with van der Waals surface area (Å²) < 4.78 is 11.2. The Hall–Kier alpha value is -3.17. The van der Waals surface area contributed by atoms with Crippen molar-refractivity contribution < 1.29 is 19.1 Å². The standard InChI is InChI=1S/C24H24N2O4/c25-13-18-8-6-17(7-9-18)10-23(27)20-11-21-15-29-16-22(12-20)26(21)24(28)30-14-19-4-2-1-3-5-19/h1-9,20-22H,10-12,14-16H2. The van der Waals surface area contributed by atoms with Crippen LogP contribution >= 0.6 is 0 Å². The van der Waals surface area contributed by atoms with Crippen LogP contribution in [0.15, 0.2) is 54.6 Å². The number of fused-ring (bicyclic) bond motifs is 2. The molecular weight excluding hydrogens is 380 g/mol. The van der Waals surface area contributed by atoms with E-state index in [-0.39, 0.29) is 36.5 Å². The Bertz CT molecular complexity index is 922. The third-order valence-corrected chi connectivity index (χ3v) is 5.85. The molecule has 2 aliphatic heterocycles. The van der Waals surface area contributed by atoms with Crippen molar-refractivity contribution in [3.05, 3.63) is 71.3 Å². The predicted molar refractivity (Wildman–Crippen MR) is 109 cm³/mol. The SMILES string of the molecule is N#Cc1ccc(CC(=O)C2CC3COCC(C2)N3C(=O)OCc2ccccc2)cc1. The molecule has 0 spiro atoms. The number of benzene rings is 2. The van der Waals surface area contributed by atoms with Crippen molar-refractivity contribution in [2.45, 2.75) is 38.0 Å².